The number of fused-ring (bicyclic) bond motifs is 2. The zero-order chi connectivity index (χ0) is 32.0. The second-order valence-electron chi connectivity index (χ2n) is 10.9. The molecule has 0 aliphatic carbocycles. The maximum atomic E-state index is 15.9. The van der Waals surface area contributed by atoms with Crippen molar-refractivity contribution in [2.45, 2.75) is 36.8 Å². The van der Waals surface area contributed by atoms with E-state index in [2.05, 4.69) is 24.9 Å². The molecular weight excluding hydrogens is 635 g/mol. The Hall–Kier alpha value is -4.14. The Kier molecular flexibility index (Phi) is 8.22. The van der Waals surface area contributed by atoms with Crippen LogP contribution in [0.2, 0.25) is 5.02 Å². The number of likely N-dealkylation sites (tertiary alicyclic amines) is 1. The normalized spacial score (nSPS) is 17.2. The SMILES string of the molecule is CC(=O)O[C@H]1COc2c1cc(Cl)cc2S(=O)(=O)Nc1ccc(F)c(-c2cc(F)c3nc(NC4CCN(C)CC4)ncc3c2)c1F. The van der Waals surface area contributed by atoms with E-state index in [0.717, 1.165) is 50.2 Å². The number of carbonyl (C=O) groups is 1. The van der Waals surface area contributed by atoms with E-state index in [1.807, 2.05) is 7.05 Å². The molecule has 0 amide bonds. The van der Waals surface area contributed by atoms with Gasteiger partial charge in [-0.1, -0.05) is 11.6 Å². The Morgan fingerprint density at radius 3 is 2.60 bits per heavy atom. The maximum absolute atomic E-state index is 15.9. The summed E-state index contributed by atoms with van der Waals surface area (Å²) in [5.74, 6) is -3.66. The Bertz CT molecular complexity index is 1940. The molecule has 0 saturated carbocycles. The molecule has 1 fully saturated rings. The summed E-state index contributed by atoms with van der Waals surface area (Å²) in [7, 11) is -2.54. The molecule has 3 aromatic carbocycles. The Morgan fingerprint density at radius 2 is 1.87 bits per heavy atom. The first kappa shape index (κ1) is 30.9. The number of piperidine rings is 1. The molecule has 4 aromatic rings. The highest BCUT2D eigenvalue weighted by molar-refractivity contribution is 7.92. The fraction of sp³-hybridized carbons (Fsp3) is 0.300. The van der Waals surface area contributed by atoms with E-state index in [1.54, 1.807) is 0 Å². The van der Waals surface area contributed by atoms with Gasteiger partial charge in [-0.2, -0.15) is 0 Å². The molecule has 2 aliphatic rings. The van der Waals surface area contributed by atoms with Crippen LogP contribution in [-0.4, -0.2) is 62.0 Å². The molecular formula is C30H27ClF3N5O5S. The largest absolute Gasteiger partial charge is 0.487 e. The fourth-order valence-corrected chi connectivity index (χ4v) is 7.03. The Morgan fingerprint density at radius 1 is 1.11 bits per heavy atom. The summed E-state index contributed by atoms with van der Waals surface area (Å²) in [5, 5.41) is 3.41. The second-order valence-corrected chi connectivity index (χ2v) is 13.0. The zero-order valence-corrected chi connectivity index (χ0v) is 25.6. The van der Waals surface area contributed by atoms with Gasteiger partial charge in [0.2, 0.25) is 5.95 Å². The predicted molar refractivity (Wildman–Crippen MR) is 161 cm³/mol. The monoisotopic (exact) mass is 661 g/mol. The number of hydrogen-bond acceptors (Lipinski definition) is 9. The molecule has 0 unspecified atom stereocenters. The predicted octanol–water partition coefficient (Wildman–Crippen LogP) is 5.67. The average Bonchev–Trinajstić information content (AvgIpc) is 3.37. The van der Waals surface area contributed by atoms with Crippen molar-refractivity contribution in [1.29, 1.82) is 0 Å². The molecule has 2 aliphatic heterocycles. The number of rotatable bonds is 7. The standard InChI is InChI=1S/C30H27ClF3N5O5S/c1-15(40)44-24-14-43-29-20(24)11-18(31)12-25(29)45(41,42)38-23-4-3-21(32)26(27(23)34)16-9-17-13-35-30(37-28(17)22(33)10-16)36-19-5-7-39(2)8-6-19/h3-4,9-13,19,24,38H,5-8,14H2,1-2H3,(H,35,36,37)/t24-/m0/s1. The minimum Gasteiger partial charge on any atom is -0.487 e. The van der Waals surface area contributed by atoms with Gasteiger partial charge in [0.15, 0.2) is 11.9 Å². The smallest absolute Gasteiger partial charge is 0.303 e. The highest BCUT2D eigenvalue weighted by atomic mass is 35.5. The van der Waals surface area contributed by atoms with Gasteiger partial charge in [-0.05, 0) is 74.9 Å². The first-order valence-electron chi connectivity index (χ1n) is 14.0. The lowest BCUT2D eigenvalue weighted by Crippen LogP contribution is -2.37. The minimum atomic E-state index is -4.58. The Labute approximate surface area is 261 Å². The van der Waals surface area contributed by atoms with Gasteiger partial charge in [-0.15, -0.1) is 0 Å². The van der Waals surface area contributed by atoms with Gasteiger partial charge in [-0.3, -0.25) is 9.52 Å². The number of benzene rings is 3. The number of nitrogens with zero attached hydrogens (tertiary/aromatic N) is 3. The third kappa shape index (κ3) is 6.22. The van der Waals surface area contributed by atoms with Crippen LogP contribution in [0.4, 0.5) is 24.8 Å². The molecule has 236 valence electrons. The van der Waals surface area contributed by atoms with E-state index in [0.29, 0.717) is 0 Å². The summed E-state index contributed by atoms with van der Waals surface area (Å²) in [5.41, 5.74) is -1.27. The van der Waals surface area contributed by atoms with Crippen LogP contribution >= 0.6 is 11.6 Å². The van der Waals surface area contributed by atoms with Crippen molar-refractivity contribution in [3.63, 3.8) is 0 Å². The van der Waals surface area contributed by atoms with E-state index in [-0.39, 0.29) is 51.4 Å². The van der Waals surface area contributed by atoms with Crippen LogP contribution in [-0.2, 0) is 19.6 Å². The third-order valence-corrected chi connectivity index (χ3v) is 9.27. The lowest BCUT2D eigenvalue weighted by molar-refractivity contribution is -0.147. The van der Waals surface area contributed by atoms with Crippen LogP contribution in [0, 0.1) is 17.5 Å². The number of ether oxygens (including phenoxy) is 2. The van der Waals surface area contributed by atoms with Crippen molar-refractivity contribution in [2.24, 2.45) is 0 Å². The van der Waals surface area contributed by atoms with Crippen molar-refractivity contribution in [3.8, 4) is 16.9 Å². The van der Waals surface area contributed by atoms with Crippen molar-refractivity contribution < 1.29 is 35.9 Å². The van der Waals surface area contributed by atoms with E-state index in [9.17, 15) is 13.2 Å². The van der Waals surface area contributed by atoms with Gasteiger partial charge in [0.25, 0.3) is 10.0 Å². The molecule has 0 radical (unpaired) electrons. The molecule has 0 spiro atoms. The van der Waals surface area contributed by atoms with Crippen LogP contribution in [0.5, 0.6) is 5.75 Å². The van der Waals surface area contributed by atoms with Gasteiger partial charge in [-0.25, -0.2) is 31.6 Å². The third-order valence-electron chi connectivity index (χ3n) is 7.68. The molecule has 1 aromatic heterocycles. The van der Waals surface area contributed by atoms with Crippen LogP contribution in [0.25, 0.3) is 22.0 Å². The molecule has 3 heterocycles. The number of sulfonamides is 1. The summed E-state index contributed by atoms with van der Waals surface area (Å²) in [6.45, 7) is 2.85. The minimum absolute atomic E-state index is 0.00407. The number of hydrogen-bond donors (Lipinski definition) is 2. The first-order chi connectivity index (χ1) is 21.4. The van der Waals surface area contributed by atoms with Gasteiger partial charge >= 0.3 is 5.97 Å². The van der Waals surface area contributed by atoms with E-state index >= 15 is 13.2 Å². The van der Waals surface area contributed by atoms with Crippen LogP contribution in [0.15, 0.2) is 47.5 Å². The number of halogens is 4. The van der Waals surface area contributed by atoms with Crippen LogP contribution in [0.3, 0.4) is 0 Å². The maximum Gasteiger partial charge on any atom is 0.303 e. The van der Waals surface area contributed by atoms with Crippen molar-refractivity contribution >= 4 is 50.1 Å². The number of aromatic nitrogens is 2. The van der Waals surface area contributed by atoms with Gasteiger partial charge in [0.05, 0.1) is 11.3 Å². The lowest BCUT2D eigenvalue weighted by Gasteiger charge is -2.29. The zero-order valence-electron chi connectivity index (χ0n) is 24.0. The Balaban J connectivity index is 1.31. The van der Waals surface area contributed by atoms with Gasteiger partial charge in [0, 0.05) is 35.1 Å². The summed E-state index contributed by atoms with van der Waals surface area (Å²) >= 11 is 6.16. The van der Waals surface area contributed by atoms with Crippen LogP contribution in [0.1, 0.15) is 31.4 Å². The highest BCUT2D eigenvalue weighted by Crippen LogP contribution is 2.43. The number of nitrogens with one attached hydrogen (secondary N) is 2. The lowest BCUT2D eigenvalue weighted by atomic mass is 10.0. The quantitative estimate of drug-likeness (QED) is 0.241. The van der Waals surface area contributed by atoms with Gasteiger partial charge in [0.1, 0.15) is 34.4 Å². The molecule has 1 atom stereocenters. The molecule has 45 heavy (non-hydrogen) atoms. The summed E-state index contributed by atoms with van der Waals surface area (Å²) in [6.07, 6.45) is 2.21. The summed E-state index contributed by atoms with van der Waals surface area (Å²) in [4.78, 5) is 21.8. The molecule has 1 saturated heterocycles. The van der Waals surface area contributed by atoms with E-state index < -0.39 is 55.7 Å². The molecule has 6 rings (SSSR count). The van der Waals surface area contributed by atoms with E-state index in [1.165, 1.54) is 25.3 Å². The van der Waals surface area contributed by atoms with Crippen LogP contribution < -0.4 is 14.8 Å². The molecule has 2 N–H and O–H groups in total. The molecule has 0 bridgehead atoms. The van der Waals surface area contributed by atoms with E-state index in [4.69, 9.17) is 21.1 Å². The highest BCUT2D eigenvalue weighted by Gasteiger charge is 2.34. The second kappa shape index (κ2) is 12.0. The van der Waals surface area contributed by atoms with Crippen molar-refractivity contribution in [2.75, 3.05) is 36.8 Å². The topological polar surface area (TPSA) is 123 Å². The number of esters is 1. The van der Waals surface area contributed by atoms with Crippen molar-refractivity contribution in [3.05, 3.63) is 70.6 Å². The fourth-order valence-electron chi connectivity index (χ4n) is 5.48. The average molecular weight is 662 g/mol. The summed E-state index contributed by atoms with van der Waals surface area (Å²) in [6, 6.07) is 6.64. The molecule has 10 nitrogen and oxygen atoms in total. The first-order valence-corrected chi connectivity index (χ1v) is 15.8. The number of anilines is 2. The van der Waals surface area contributed by atoms with Crippen molar-refractivity contribution in [1.82, 2.24) is 14.9 Å². The summed E-state index contributed by atoms with van der Waals surface area (Å²) < 4.78 is 85.9. The molecule has 15 heteroatoms. The number of carbonyl (C=O) groups excluding carboxylic acids is 1. The van der Waals surface area contributed by atoms with Gasteiger partial charge < -0.3 is 19.7 Å².